The first-order chi connectivity index (χ1) is 15.0. The summed E-state index contributed by atoms with van der Waals surface area (Å²) in [4.78, 5) is 35.5. The molecule has 0 atom stereocenters. The van der Waals surface area contributed by atoms with Gasteiger partial charge in [0.05, 0.1) is 29.3 Å². The van der Waals surface area contributed by atoms with Gasteiger partial charge in [-0.1, -0.05) is 18.2 Å². The molecule has 0 unspecified atom stereocenters. The van der Waals surface area contributed by atoms with Crippen LogP contribution in [0.3, 0.4) is 0 Å². The third-order valence-corrected chi connectivity index (χ3v) is 4.37. The second-order valence-electron chi connectivity index (χ2n) is 6.34. The van der Waals surface area contributed by atoms with Crippen molar-refractivity contribution in [2.45, 2.75) is 13.5 Å². The monoisotopic (exact) mass is 428 g/mol. The predicted octanol–water partition coefficient (Wildman–Crippen LogP) is 3.28. The fourth-order valence-electron chi connectivity index (χ4n) is 2.98. The summed E-state index contributed by atoms with van der Waals surface area (Å²) in [6.45, 7) is 1.42. The van der Waals surface area contributed by atoms with E-state index in [0.29, 0.717) is 16.5 Å². The molecule has 0 bridgehead atoms. The third-order valence-electron chi connectivity index (χ3n) is 4.37. The molecular formula is C21H20N2O8. The summed E-state index contributed by atoms with van der Waals surface area (Å²) in [6, 6.07) is 10.5. The first-order valence-electron chi connectivity index (χ1n) is 9.44. The lowest BCUT2D eigenvalue weighted by Crippen LogP contribution is -2.14. The molecule has 2 aromatic carbocycles. The molecule has 10 nitrogen and oxygen atoms in total. The molecule has 162 valence electrons. The molecule has 3 aromatic rings. The highest BCUT2D eigenvalue weighted by Gasteiger charge is 2.24. The molecule has 0 saturated heterocycles. The molecule has 0 aliphatic rings. The van der Waals surface area contributed by atoms with Gasteiger partial charge < -0.3 is 24.3 Å². The number of carbonyl (C=O) groups excluding carboxylic acids is 2. The van der Waals surface area contributed by atoms with E-state index in [9.17, 15) is 19.7 Å². The Morgan fingerprint density at radius 2 is 1.94 bits per heavy atom. The lowest BCUT2D eigenvalue weighted by atomic mass is 10.1. The summed E-state index contributed by atoms with van der Waals surface area (Å²) in [5.74, 6) is -1.61. The summed E-state index contributed by atoms with van der Waals surface area (Å²) in [5.41, 5.74) is 0.665. The maximum atomic E-state index is 12.7. The molecule has 0 saturated carbocycles. The molecule has 10 heteroatoms. The average molecular weight is 428 g/mol. The fraction of sp³-hybridized carbons (Fsp3) is 0.238. The number of hydrogen-bond acceptors (Lipinski definition) is 9. The van der Waals surface area contributed by atoms with Crippen LogP contribution in [-0.2, 0) is 16.1 Å². The van der Waals surface area contributed by atoms with Crippen LogP contribution in [0, 0.1) is 10.1 Å². The van der Waals surface area contributed by atoms with Crippen LogP contribution >= 0.6 is 0 Å². The summed E-state index contributed by atoms with van der Waals surface area (Å²) in [7, 11) is 0. The van der Waals surface area contributed by atoms with Crippen LogP contribution < -0.4 is 5.32 Å². The van der Waals surface area contributed by atoms with Crippen LogP contribution in [0.5, 0.6) is 0 Å². The molecule has 2 N–H and O–H groups in total. The minimum absolute atomic E-state index is 0.0754. The number of hydrogen-bond donors (Lipinski definition) is 2. The van der Waals surface area contributed by atoms with Crippen LogP contribution in [0.2, 0.25) is 0 Å². The normalized spacial score (nSPS) is 10.6. The standard InChI is InChI=1S/C21H20N2O8/c1-2-29-21(26)19-16(14-5-3-4-6-18(14)31-19)12-30-20(25)15-11-13(23(27)28)7-8-17(15)22-9-10-24/h3-8,11,22,24H,2,9-10,12H2,1H3. The Hall–Kier alpha value is -3.92. The summed E-state index contributed by atoms with van der Waals surface area (Å²) < 4.78 is 16.0. The van der Waals surface area contributed by atoms with E-state index in [0.717, 1.165) is 6.07 Å². The van der Waals surface area contributed by atoms with Gasteiger partial charge in [0.25, 0.3) is 5.69 Å². The molecule has 0 aliphatic heterocycles. The third kappa shape index (κ3) is 4.81. The van der Waals surface area contributed by atoms with Crippen LogP contribution in [-0.4, -0.2) is 41.7 Å². The zero-order valence-electron chi connectivity index (χ0n) is 16.6. The number of anilines is 1. The zero-order valence-corrected chi connectivity index (χ0v) is 16.6. The van der Waals surface area contributed by atoms with Gasteiger partial charge in [-0.2, -0.15) is 0 Å². The van der Waals surface area contributed by atoms with Crippen molar-refractivity contribution in [1.82, 2.24) is 0 Å². The molecule has 0 radical (unpaired) electrons. The maximum absolute atomic E-state index is 12.7. The lowest BCUT2D eigenvalue weighted by molar-refractivity contribution is -0.384. The number of nitro groups is 1. The van der Waals surface area contributed by atoms with Gasteiger partial charge in [0.15, 0.2) is 0 Å². The smallest absolute Gasteiger partial charge is 0.374 e. The van der Waals surface area contributed by atoms with Crippen molar-refractivity contribution in [3.05, 3.63) is 69.5 Å². The van der Waals surface area contributed by atoms with Crippen molar-refractivity contribution in [3.63, 3.8) is 0 Å². The Balaban J connectivity index is 1.91. The second kappa shape index (κ2) is 9.72. The number of aliphatic hydroxyl groups is 1. The predicted molar refractivity (Wildman–Crippen MR) is 110 cm³/mol. The number of nitro benzene ring substituents is 1. The van der Waals surface area contributed by atoms with Crippen LogP contribution in [0.1, 0.15) is 33.4 Å². The molecular weight excluding hydrogens is 408 g/mol. The fourth-order valence-corrected chi connectivity index (χ4v) is 2.98. The number of nitrogens with zero attached hydrogens (tertiary/aromatic N) is 1. The summed E-state index contributed by atoms with van der Waals surface area (Å²) in [6.07, 6.45) is 0. The number of rotatable bonds is 9. The van der Waals surface area contributed by atoms with E-state index in [2.05, 4.69) is 5.32 Å². The van der Waals surface area contributed by atoms with Gasteiger partial charge >= 0.3 is 11.9 Å². The quantitative estimate of drug-likeness (QED) is 0.298. The van der Waals surface area contributed by atoms with Crippen molar-refractivity contribution in [3.8, 4) is 0 Å². The highest BCUT2D eigenvalue weighted by Crippen LogP contribution is 2.29. The molecule has 0 fully saturated rings. The minimum Gasteiger partial charge on any atom is -0.460 e. The van der Waals surface area contributed by atoms with Crippen LogP contribution in [0.15, 0.2) is 46.9 Å². The van der Waals surface area contributed by atoms with Crippen molar-refractivity contribution >= 4 is 34.3 Å². The summed E-state index contributed by atoms with van der Waals surface area (Å²) in [5, 5.41) is 23.5. The van der Waals surface area contributed by atoms with Gasteiger partial charge in [-0.05, 0) is 19.1 Å². The van der Waals surface area contributed by atoms with E-state index in [4.69, 9.17) is 19.0 Å². The van der Waals surface area contributed by atoms with E-state index in [1.807, 2.05) is 0 Å². The average Bonchev–Trinajstić information content (AvgIpc) is 3.14. The number of ether oxygens (including phenoxy) is 2. The van der Waals surface area contributed by atoms with Gasteiger partial charge in [0, 0.05) is 29.8 Å². The molecule has 0 spiro atoms. The Kier molecular flexibility index (Phi) is 6.83. The first kappa shape index (κ1) is 21.8. The largest absolute Gasteiger partial charge is 0.460 e. The maximum Gasteiger partial charge on any atom is 0.374 e. The van der Waals surface area contributed by atoms with E-state index < -0.39 is 16.9 Å². The number of benzene rings is 2. The van der Waals surface area contributed by atoms with Crippen molar-refractivity contribution < 1.29 is 33.5 Å². The topological polar surface area (TPSA) is 141 Å². The van der Waals surface area contributed by atoms with E-state index in [1.54, 1.807) is 31.2 Å². The summed E-state index contributed by atoms with van der Waals surface area (Å²) >= 11 is 0. The molecule has 0 amide bonds. The Morgan fingerprint density at radius 1 is 1.16 bits per heavy atom. The van der Waals surface area contributed by atoms with Crippen molar-refractivity contribution in [2.24, 2.45) is 0 Å². The minimum atomic E-state index is -0.843. The Labute approximate surface area is 176 Å². The van der Waals surface area contributed by atoms with Gasteiger partial charge in [0.2, 0.25) is 5.76 Å². The number of fused-ring (bicyclic) bond motifs is 1. The number of carbonyl (C=O) groups is 2. The second-order valence-corrected chi connectivity index (χ2v) is 6.34. The van der Waals surface area contributed by atoms with E-state index in [-0.39, 0.29) is 49.1 Å². The van der Waals surface area contributed by atoms with Gasteiger partial charge in [-0.15, -0.1) is 0 Å². The van der Waals surface area contributed by atoms with Crippen LogP contribution in [0.4, 0.5) is 11.4 Å². The Morgan fingerprint density at radius 3 is 2.65 bits per heavy atom. The van der Waals surface area contributed by atoms with Gasteiger partial charge in [-0.25, -0.2) is 9.59 Å². The zero-order chi connectivity index (χ0) is 22.4. The molecule has 0 aliphatic carbocycles. The number of aliphatic hydroxyl groups excluding tert-OH is 1. The van der Waals surface area contributed by atoms with Crippen molar-refractivity contribution in [1.29, 1.82) is 0 Å². The van der Waals surface area contributed by atoms with Gasteiger partial charge in [0.1, 0.15) is 12.2 Å². The van der Waals surface area contributed by atoms with Crippen LogP contribution in [0.25, 0.3) is 11.0 Å². The number of non-ortho nitro benzene ring substituents is 1. The van der Waals surface area contributed by atoms with Crippen molar-refractivity contribution in [2.75, 3.05) is 25.1 Å². The number of nitrogens with one attached hydrogen (secondary N) is 1. The number of esters is 2. The number of furan rings is 1. The van der Waals surface area contributed by atoms with Gasteiger partial charge in [-0.3, -0.25) is 10.1 Å². The first-order valence-corrected chi connectivity index (χ1v) is 9.44. The molecule has 1 heterocycles. The SMILES string of the molecule is CCOC(=O)c1oc2ccccc2c1COC(=O)c1cc([N+](=O)[O-])ccc1NCCO. The van der Waals surface area contributed by atoms with E-state index in [1.165, 1.54) is 12.1 Å². The number of para-hydroxylation sites is 1. The van der Waals surface area contributed by atoms with E-state index >= 15 is 0 Å². The molecule has 31 heavy (non-hydrogen) atoms. The highest BCUT2D eigenvalue weighted by molar-refractivity contribution is 5.98. The lowest BCUT2D eigenvalue weighted by Gasteiger charge is -2.11. The molecule has 3 rings (SSSR count). The molecule has 1 aromatic heterocycles. The highest BCUT2D eigenvalue weighted by atomic mass is 16.6. The Bertz CT molecular complexity index is 1120.